The van der Waals surface area contributed by atoms with Crippen LogP contribution in [0.4, 0.5) is 0 Å². The molecule has 0 spiro atoms. The number of aromatic nitrogens is 1. The van der Waals surface area contributed by atoms with E-state index in [1.54, 1.807) is 48.8 Å². The molecule has 7 nitrogen and oxygen atoms in total. The Hall–Kier alpha value is -3.78. The average molecular weight is 477 g/mol. The molecule has 0 N–H and O–H groups in total. The molecule has 0 saturated carbocycles. The minimum Gasteiger partial charge on any atom is -0.463 e. The first-order chi connectivity index (χ1) is 16.3. The minimum absolute atomic E-state index is 0.226. The van der Waals surface area contributed by atoms with Crippen molar-refractivity contribution in [3.05, 3.63) is 96.2 Å². The van der Waals surface area contributed by atoms with E-state index in [1.165, 1.54) is 18.3 Å². The Morgan fingerprint density at radius 2 is 1.76 bits per heavy atom. The zero-order valence-electron chi connectivity index (χ0n) is 19.3. The van der Waals surface area contributed by atoms with E-state index in [-0.39, 0.29) is 12.2 Å². The van der Waals surface area contributed by atoms with Gasteiger partial charge in [-0.15, -0.1) is 0 Å². The Balaban J connectivity index is 1.86. The zero-order valence-corrected chi connectivity index (χ0v) is 20.1. The maximum Gasteiger partial charge on any atom is 0.338 e. The van der Waals surface area contributed by atoms with Crippen LogP contribution in [0.3, 0.4) is 0 Å². The molecular weight excluding hydrogens is 452 g/mol. The normalized spacial score (nSPS) is 15.5. The summed E-state index contributed by atoms with van der Waals surface area (Å²) >= 11 is 1.26. The van der Waals surface area contributed by atoms with Crippen molar-refractivity contribution in [1.82, 2.24) is 4.57 Å². The van der Waals surface area contributed by atoms with Crippen LogP contribution in [0.5, 0.6) is 5.75 Å². The van der Waals surface area contributed by atoms with E-state index in [4.69, 9.17) is 9.47 Å². The average Bonchev–Trinajstić information content (AvgIpc) is 3.09. The number of nitrogens with zero attached hydrogens (tertiary/aromatic N) is 2. The summed E-state index contributed by atoms with van der Waals surface area (Å²) in [7, 11) is 0. The van der Waals surface area contributed by atoms with Gasteiger partial charge < -0.3 is 9.47 Å². The van der Waals surface area contributed by atoms with E-state index in [0.29, 0.717) is 26.4 Å². The number of benzene rings is 2. The molecule has 2 heterocycles. The number of hydrogen-bond donors (Lipinski definition) is 0. The molecule has 1 atom stereocenters. The van der Waals surface area contributed by atoms with Gasteiger partial charge >= 0.3 is 11.9 Å². The fraction of sp³-hybridized carbons (Fsp3) is 0.231. The topological polar surface area (TPSA) is 87.0 Å². The second-order valence-electron chi connectivity index (χ2n) is 7.88. The van der Waals surface area contributed by atoms with Crippen LogP contribution in [0, 0.1) is 6.92 Å². The van der Waals surface area contributed by atoms with Crippen molar-refractivity contribution in [2.45, 2.75) is 33.7 Å². The molecule has 0 bridgehead atoms. The lowest BCUT2D eigenvalue weighted by Gasteiger charge is -2.24. The van der Waals surface area contributed by atoms with Crippen LogP contribution < -0.4 is 19.6 Å². The van der Waals surface area contributed by atoms with Crippen LogP contribution in [0.2, 0.25) is 0 Å². The molecule has 0 saturated heterocycles. The van der Waals surface area contributed by atoms with Gasteiger partial charge in [0.25, 0.3) is 5.56 Å². The predicted molar refractivity (Wildman–Crippen MR) is 129 cm³/mol. The third kappa shape index (κ3) is 4.63. The van der Waals surface area contributed by atoms with Crippen LogP contribution in [-0.4, -0.2) is 23.1 Å². The van der Waals surface area contributed by atoms with E-state index in [0.717, 1.165) is 16.7 Å². The molecule has 4 rings (SSSR count). The number of carbonyl (C=O) groups is 2. The van der Waals surface area contributed by atoms with Gasteiger partial charge in [-0.05, 0) is 50.1 Å². The molecule has 1 aromatic heterocycles. The summed E-state index contributed by atoms with van der Waals surface area (Å²) in [6.07, 6.45) is 1.76. The number of aryl methyl sites for hydroxylation is 1. The van der Waals surface area contributed by atoms with Gasteiger partial charge in [-0.3, -0.25) is 14.2 Å². The van der Waals surface area contributed by atoms with Crippen molar-refractivity contribution in [3.8, 4) is 5.75 Å². The van der Waals surface area contributed by atoms with Gasteiger partial charge in [0.1, 0.15) is 5.75 Å². The number of allylic oxidation sites excluding steroid dienone is 1. The first-order valence-corrected chi connectivity index (χ1v) is 11.6. The first kappa shape index (κ1) is 23.4. The molecule has 0 radical (unpaired) electrons. The summed E-state index contributed by atoms with van der Waals surface area (Å²) in [5, 5.41) is 0. The standard InChI is InChI=1S/C26H24N2O5S/c1-5-32-25(31)22-16(3)27-26-28(23(22)19-10-6-15(2)7-11-19)24(30)21(34-26)14-18-8-12-20(13-9-18)33-17(4)29/h6-14,23H,5H2,1-4H3/b21-14-/t23-/m1/s1. The first-order valence-electron chi connectivity index (χ1n) is 10.8. The zero-order chi connectivity index (χ0) is 24.4. The monoisotopic (exact) mass is 476 g/mol. The molecule has 174 valence electrons. The van der Waals surface area contributed by atoms with Gasteiger partial charge in [0.05, 0.1) is 28.5 Å². The van der Waals surface area contributed by atoms with Gasteiger partial charge in [-0.2, -0.15) is 0 Å². The molecule has 3 aromatic rings. The second-order valence-corrected chi connectivity index (χ2v) is 8.88. The molecule has 1 aliphatic heterocycles. The van der Waals surface area contributed by atoms with E-state index in [2.05, 4.69) is 4.99 Å². The van der Waals surface area contributed by atoms with Gasteiger partial charge in [0, 0.05) is 6.92 Å². The summed E-state index contributed by atoms with van der Waals surface area (Å²) in [4.78, 5) is 42.7. The third-order valence-electron chi connectivity index (χ3n) is 5.35. The number of carbonyl (C=O) groups excluding carboxylic acids is 2. The molecule has 34 heavy (non-hydrogen) atoms. The predicted octanol–water partition coefficient (Wildman–Crippen LogP) is 3.03. The van der Waals surface area contributed by atoms with Crippen LogP contribution in [-0.2, 0) is 14.3 Å². The molecule has 0 aliphatic carbocycles. The highest BCUT2D eigenvalue weighted by atomic mass is 32.1. The Morgan fingerprint density at radius 1 is 1.09 bits per heavy atom. The largest absolute Gasteiger partial charge is 0.463 e. The van der Waals surface area contributed by atoms with Crippen molar-refractivity contribution in [2.24, 2.45) is 4.99 Å². The summed E-state index contributed by atoms with van der Waals surface area (Å²) < 4.78 is 12.4. The number of fused-ring (bicyclic) bond motifs is 1. The Morgan fingerprint density at radius 3 is 2.38 bits per heavy atom. The molecule has 0 unspecified atom stereocenters. The minimum atomic E-state index is -0.635. The van der Waals surface area contributed by atoms with Crippen molar-refractivity contribution < 1.29 is 19.1 Å². The number of thiazole rings is 1. The van der Waals surface area contributed by atoms with Gasteiger partial charge in [0.15, 0.2) is 4.80 Å². The summed E-state index contributed by atoms with van der Waals surface area (Å²) in [5.74, 6) is -0.449. The van der Waals surface area contributed by atoms with Gasteiger partial charge in [0.2, 0.25) is 0 Å². The van der Waals surface area contributed by atoms with Crippen LogP contribution >= 0.6 is 11.3 Å². The highest BCUT2D eigenvalue weighted by Crippen LogP contribution is 2.30. The Kier molecular flexibility index (Phi) is 6.61. The number of rotatable bonds is 5. The third-order valence-corrected chi connectivity index (χ3v) is 6.33. The molecule has 1 aliphatic rings. The van der Waals surface area contributed by atoms with E-state index in [1.807, 2.05) is 31.2 Å². The van der Waals surface area contributed by atoms with Crippen LogP contribution in [0.1, 0.15) is 43.5 Å². The van der Waals surface area contributed by atoms with Crippen molar-refractivity contribution in [1.29, 1.82) is 0 Å². The van der Waals surface area contributed by atoms with E-state index < -0.39 is 18.0 Å². The lowest BCUT2D eigenvalue weighted by atomic mass is 9.95. The highest BCUT2D eigenvalue weighted by Gasteiger charge is 2.33. The molecule has 0 amide bonds. The lowest BCUT2D eigenvalue weighted by molar-refractivity contribution is -0.139. The number of esters is 2. The summed E-state index contributed by atoms with van der Waals surface area (Å²) in [6.45, 7) is 7.06. The van der Waals surface area contributed by atoms with Crippen molar-refractivity contribution in [2.75, 3.05) is 6.61 Å². The summed E-state index contributed by atoms with van der Waals surface area (Å²) in [5.41, 5.74) is 3.30. The smallest absolute Gasteiger partial charge is 0.338 e. The van der Waals surface area contributed by atoms with Crippen molar-refractivity contribution >= 4 is 29.4 Å². The fourth-order valence-electron chi connectivity index (χ4n) is 3.81. The van der Waals surface area contributed by atoms with E-state index >= 15 is 0 Å². The van der Waals surface area contributed by atoms with Gasteiger partial charge in [-0.1, -0.05) is 53.3 Å². The molecule has 0 fully saturated rings. The number of hydrogen-bond acceptors (Lipinski definition) is 7. The molecular formula is C26H24N2O5S. The van der Waals surface area contributed by atoms with Gasteiger partial charge in [-0.25, -0.2) is 9.79 Å². The maximum atomic E-state index is 13.6. The highest BCUT2D eigenvalue weighted by molar-refractivity contribution is 7.07. The molecule has 8 heteroatoms. The lowest BCUT2D eigenvalue weighted by Crippen LogP contribution is -2.39. The quantitative estimate of drug-likeness (QED) is 0.417. The molecule has 2 aromatic carbocycles. The fourth-order valence-corrected chi connectivity index (χ4v) is 4.85. The Bertz CT molecular complexity index is 1460. The maximum absolute atomic E-state index is 13.6. The van der Waals surface area contributed by atoms with Crippen LogP contribution in [0.25, 0.3) is 6.08 Å². The van der Waals surface area contributed by atoms with Crippen LogP contribution in [0.15, 0.2) is 69.6 Å². The SMILES string of the molecule is CCOC(=O)C1=C(C)N=c2s/c(=C\c3ccc(OC(C)=O)cc3)c(=O)n2[C@@H]1c1ccc(C)cc1. The summed E-state index contributed by atoms with van der Waals surface area (Å²) in [6, 6.07) is 14.0. The van der Waals surface area contributed by atoms with Crippen molar-refractivity contribution in [3.63, 3.8) is 0 Å². The number of ether oxygens (including phenoxy) is 2. The second kappa shape index (κ2) is 9.61. The Labute approximate surface area is 200 Å². The van der Waals surface area contributed by atoms with E-state index in [9.17, 15) is 14.4 Å².